The van der Waals surface area contributed by atoms with Gasteiger partial charge in [0.25, 0.3) is 11.8 Å². The number of hydrogen-bond donors (Lipinski definition) is 0. The van der Waals surface area contributed by atoms with Gasteiger partial charge in [0.15, 0.2) is 13.0 Å². The average Bonchev–Trinajstić information content (AvgIpc) is 3.32. The summed E-state index contributed by atoms with van der Waals surface area (Å²) < 4.78 is 27.1. The molecule has 1 aromatic carbocycles. The zero-order valence-corrected chi connectivity index (χ0v) is 28.3. The Morgan fingerprint density at radius 3 is 2.22 bits per heavy atom. The van der Waals surface area contributed by atoms with E-state index in [1.54, 1.807) is 28.1 Å². The smallest absolute Gasteiger partial charge is 0.426 e. The summed E-state index contributed by atoms with van der Waals surface area (Å²) in [6.07, 6.45) is 0.856. The van der Waals surface area contributed by atoms with Crippen LogP contribution in [0.15, 0.2) is 18.2 Å². The molecule has 3 heterocycles. The molecule has 0 N–H and O–H groups in total. The number of anilines is 1. The molecule has 0 aliphatic carbocycles. The Morgan fingerprint density at radius 2 is 1.62 bits per heavy atom. The lowest BCUT2D eigenvalue weighted by atomic mass is 9.95. The molecule has 12 nitrogen and oxygen atoms in total. The minimum absolute atomic E-state index is 0.0456. The van der Waals surface area contributed by atoms with Crippen LogP contribution in [0.4, 0.5) is 10.5 Å². The number of imide groups is 1. The Hall–Kier alpha value is -3.22. The van der Waals surface area contributed by atoms with Crippen LogP contribution in [0.25, 0.3) is 0 Å². The van der Waals surface area contributed by atoms with Gasteiger partial charge in [-0.15, -0.1) is 0 Å². The molecule has 4 rings (SSSR count). The molecule has 45 heavy (non-hydrogen) atoms. The first-order valence-electron chi connectivity index (χ1n) is 15.8. The molecule has 1 atom stereocenters. The monoisotopic (exact) mass is 633 g/mol. The molecule has 0 aromatic heterocycles. The number of rotatable bonds is 10. The summed E-state index contributed by atoms with van der Waals surface area (Å²) in [6, 6.07) is 4.93. The van der Waals surface area contributed by atoms with Gasteiger partial charge in [-0.3, -0.25) is 14.4 Å². The van der Waals surface area contributed by atoms with Crippen molar-refractivity contribution in [3.05, 3.63) is 29.3 Å². The molecular weight excluding hydrogens is 582 g/mol. The topological polar surface area (TPSA) is 124 Å². The molecule has 1 unspecified atom stereocenters. The van der Waals surface area contributed by atoms with Crippen molar-refractivity contribution in [2.75, 3.05) is 45.5 Å². The van der Waals surface area contributed by atoms with Crippen LogP contribution in [0, 0.1) is 5.92 Å². The first kappa shape index (κ1) is 36.3. The van der Waals surface area contributed by atoms with Gasteiger partial charge >= 0.3 is 6.16 Å². The fourth-order valence-electron chi connectivity index (χ4n) is 5.73. The highest BCUT2D eigenvalue weighted by Crippen LogP contribution is 2.33. The number of nitrogens with zero attached hydrogens (tertiary/aromatic N) is 3. The van der Waals surface area contributed by atoms with Gasteiger partial charge < -0.3 is 33.5 Å². The Kier molecular flexibility index (Phi) is 12.4. The number of benzene rings is 1. The number of carbonyl (C=O) groups excluding carboxylic acids is 4. The molecule has 3 aliphatic rings. The lowest BCUT2D eigenvalue weighted by Crippen LogP contribution is -2.55. The molecule has 0 radical (unpaired) electrons. The quantitative estimate of drug-likeness (QED) is 0.203. The summed E-state index contributed by atoms with van der Waals surface area (Å²) in [5, 5.41) is 0. The van der Waals surface area contributed by atoms with Gasteiger partial charge in [-0.05, 0) is 77.6 Å². The van der Waals surface area contributed by atoms with Crippen LogP contribution < -0.4 is 4.90 Å². The molecule has 1 aromatic rings. The number of likely N-dealkylation sites (tertiary alicyclic amines) is 1. The molecule has 12 heteroatoms. The molecule has 3 amide bonds. The number of ether oxygens (including phenoxy) is 5. The Balaban J connectivity index is 0.00000271. The van der Waals surface area contributed by atoms with Crippen molar-refractivity contribution in [1.29, 1.82) is 0 Å². The van der Waals surface area contributed by atoms with Crippen LogP contribution in [-0.4, -0.2) is 97.9 Å². The molecule has 0 saturated carbocycles. The number of hydrogen-bond acceptors (Lipinski definition) is 10. The second kappa shape index (κ2) is 15.4. The standard InChI is InChI=1S/C31H45N3O9.C2H6/c1-30(2,3)42-18-31(4,5)43-29(38)41-19-34-25(35)11-10-24(27(34)37)33-17-21-16-22(8-9-23(21)26(33)36)32-14-12-20(13-15-32)28(39-6)40-7;1-2/h8-9,16,20,24,28H,10-15,17-19H2,1-7H3;1-2H3. The lowest BCUT2D eigenvalue weighted by molar-refractivity contribution is -0.158. The van der Waals surface area contributed by atoms with E-state index in [0.29, 0.717) is 11.5 Å². The third-order valence-electron chi connectivity index (χ3n) is 8.06. The van der Waals surface area contributed by atoms with Crippen LogP contribution in [0.5, 0.6) is 0 Å². The van der Waals surface area contributed by atoms with Gasteiger partial charge in [0.05, 0.1) is 12.2 Å². The maximum Gasteiger partial charge on any atom is 0.510 e. The summed E-state index contributed by atoms with van der Waals surface area (Å²) in [5.41, 5.74) is 1.01. The Morgan fingerprint density at radius 1 is 0.978 bits per heavy atom. The highest BCUT2D eigenvalue weighted by Gasteiger charge is 2.43. The van der Waals surface area contributed by atoms with E-state index in [2.05, 4.69) is 4.90 Å². The van der Waals surface area contributed by atoms with Gasteiger partial charge in [-0.25, -0.2) is 9.69 Å². The summed E-state index contributed by atoms with van der Waals surface area (Å²) in [7, 11) is 3.31. The minimum atomic E-state index is -1.02. The second-order valence-electron chi connectivity index (χ2n) is 12.9. The van der Waals surface area contributed by atoms with Crippen LogP contribution in [-0.2, 0) is 39.8 Å². The first-order valence-corrected chi connectivity index (χ1v) is 15.8. The summed E-state index contributed by atoms with van der Waals surface area (Å²) in [5.74, 6) is -0.977. The molecule has 2 fully saturated rings. The van der Waals surface area contributed by atoms with Gasteiger partial charge in [0.2, 0.25) is 5.91 Å². The van der Waals surface area contributed by atoms with Gasteiger partial charge in [-0.2, -0.15) is 0 Å². The molecule has 0 bridgehead atoms. The third-order valence-corrected chi connectivity index (χ3v) is 8.06. The molecule has 0 spiro atoms. The largest absolute Gasteiger partial charge is 0.510 e. The minimum Gasteiger partial charge on any atom is -0.426 e. The fourth-order valence-corrected chi connectivity index (χ4v) is 5.73. The van der Waals surface area contributed by atoms with Crippen LogP contribution in [0.3, 0.4) is 0 Å². The van der Waals surface area contributed by atoms with Crippen molar-refractivity contribution in [2.45, 2.75) is 104 Å². The van der Waals surface area contributed by atoms with Gasteiger partial charge in [0.1, 0.15) is 11.6 Å². The van der Waals surface area contributed by atoms with Crippen molar-refractivity contribution in [3.8, 4) is 0 Å². The SMILES string of the molecule is CC.COC(OC)C1CCN(c2ccc3c(c2)CN(C2CCC(=O)N(COC(=O)OC(C)(C)COC(C)(C)C)C2=O)C3=O)CC1. The summed E-state index contributed by atoms with van der Waals surface area (Å²) in [6.45, 7) is 14.5. The van der Waals surface area contributed by atoms with E-state index >= 15 is 0 Å². The van der Waals surface area contributed by atoms with E-state index < -0.39 is 41.9 Å². The third kappa shape index (κ3) is 9.17. The van der Waals surface area contributed by atoms with Crippen LogP contribution in [0.2, 0.25) is 0 Å². The lowest BCUT2D eigenvalue weighted by Gasteiger charge is -2.36. The van der Waals surface area contributed by atoms with E-state index in [9.17, 15) is 19.2 Å². The zero-order valence-electron chi connectivity index (χ0n) is 28.3. The molecular formula is C33H51N3O9. The first-order chi connectivity index (χ1) is 21.2. The maximum atomic E-state index is 13.4. The van der Waals surface area contributed by atoms with E-state index in [4.69, 9.17) is 23.7 Å². The summed E-state index contributed by atoms with van der Waals surface area (Å²) in [4.78, 5) is 56.5. The normalized spacial score (nSPS) is 19.5. The number of piperidine rings is 2. The van der Waals surface area contributed by atoms with Crippen molar-refractivity contribution in [3.63, 3.8) is 0 Å². The number of carbonyl (C=O) groups is 4. The predicted molar refractivity (Wildman–Crippen MR) is 167 cm³/mol. The van der Waals surface area contributed by atoms with Crippen LogP contribution in [0.1, 0.15) is 90.1 Å². The average molecular weight is 634 g/mol. The highest BCUT2D eigenvalue weighted by atomic mass is 16.7. The van der Waals surface area contributed by atoms with Crippen molar-refractivity contribution in [1.82, 2.24) is 9.80 Å². The Labute approximate surface area is 267 Å². The predicted octanol–water partition coefficient (Wildman–Crippen LogP) is 4.73. The molecule has 2 saturated heterocycles. The molecule has 252 valence electrons. The van der Waals surface area contributed by atoms with E-state index in [0.717, 1.165) is 42.1 Å². The zero-order chi connectivity index (χ0) is 33.5. The van der Waals surface area contributed by atoms with Gasteiger partial charge in [0, 0.05) is 57.4 Å². The number of amides is 3. The van der Waals surface area contributed by atoms with Crippen molar-refractivity contribution in [2.24, 2.45) is 5.92 Å². The summed E-state index contributed by atoms with van der Waals surface area (Å²) >= 11 is 0. The van der Waals surface area contributed by atoms with E-state index in [-0.39, 0.29) is 38.2 Å². The molecule has 3 aliphatic heterocycles. The maximum absolute atomic E-state index is 13.4. The van der Waals surface area contributed by atoms with Crippen molar-refractivity contribution >= 4 is 29.6 Å². The second-order valence-corrected chi connectivity index (χ2v) is 12.9. The van der Waals surface area contributed by atoms with E-state index in [1.165, 1.54) is 4.90 Å². The number of methoxy groups -OCH3 is 2. The number of fused-ring (bicyclic) bond motifs is 1. The fraction of sp³-hybridized carbons (Fsp3) is 0.697. The van der Waals surface area contributed by atoms with Gasteiger partial charge in [-0.1, -0.05) is 13.8 Å². The highest BCUT2D eigenvalue weighted by molar-refractivity contribution is 6.05. The van der Waals surface area contributed by atoms with Crippen LogP contribution >= 0.6 is 0 Å². The Bertz CT molecular complexity index is 1200. The van der Waals surface area contributed by atoms with E-state index in [1.807, 2.05) is 52.8 Å². The van der Waals surface area contributed by atoms with Crippen molar-refractivity contribution < 1.29 is 42.9 Å².